The maximum Gasteiger partial charge on any atom is 0.336 e. The predicted molar refractivity (Wildman–Crippen MR) is 74.9 cm³/mol. The number of carboxylic acid groups (broad SMARTS) is 1. The molecule has 0 aliphatic heterocycles. The molecule has 0 saturated carbocycles. The first-order chi connectivity index (χ1) is 9.10. The highest BCUT2D eigenvalue weighted by Crippen LogP contribution is 2.33. The molecule has 0 atom stereocenters. The van der Waals surface area contributed by atoms with Crippen LogP contribution in [0.4, 0.5) is 5.69 Å². The summed E-state index contributed by atoms with van der Waals surface area (Å²) in [6.07, 6.45) is 0. The third-order valence-corrected chi connectivity index (χ3v) is 3.57. The summed E-state index contributed by atoms with van der Waals surface area (Å²) in [4.78, 5) is 12.8. The molecule has 0 radical (unpaired) electrons. The summed E-state index contributed by atoms with van der Waals surface area (Å²) in [5.41, 5.74) is 6.25. The van der Waals surface area contributed by atoms with E-state index in [2.05, 4.69) is 0 Å². The van der Waals surface area contributed by atoms with Crippen molar-refractivity contribution in [1.29, 1.82) is 0 Å². The van der Waals surface area contributed by atoms with E-state index in [0.717, 1.165) is 10.6 Å². The van der Waals surface area contributed by atoms with Crippen molar-refractivity contribution in [3.8, 4) is 5.75 Å². The second kappa shape index (κ2) is 5.67. The Morgan fingerprint density at radius 1 is 1.26 bits per heavy atom. The lowest BCUT2D eigenvalue weighted by Gasteiger charge is -2.08. The van der Waals surface area contributed by atoms with Crippen molar-refractivity contribution < 1.29 is 14.6 Å². The average Bonchev–Trinajstić information content (AvgIpc) is 2.41. The topological polar surface area (TPSA) is 72.5 Å². The molecule has 2 aromatic rings. The largest absolute Gasteiger partial charge is 0.497 e. The molecule has 4 nitrogen and oxygen atoms in total. The van der Waals surface area contributed by atoms with Crippen molar-refractivity contribution in [3.63, 3.8) is 0 Å². The van der Waals surface area contributed by atoms with Crippen LogP contribution in [0.25, 0.3) is 0 Å². The zero-order valence-corrected chi connectivity index (χ0v) is 11.1. The second-order valence-electron chi connectivity index (χ2n) is 3.84. The number of aromatic carboxylic acids is 1. The van der Waals surface area contributed by atoms with Crippen molar-refractivity contribution in [2.45, 2.75) is 9.79 Å². The van der Waals surface area contributed by atoms with Gasteiger partial charge in [0.15, 0.2) is 0 Å². The monoisotopic (exact) mass is 275 g/mol. The lowest BCUT2D eigenvalue weighted by molar-refractivity contribution is 0.0693. The first-order valence-corrected chi connectivity index (χ1v) is 6.36. The number of rotatable bonds is 4. The number of carbonyl (C=O) groups is 1. The third kappa shape index (κ3) is 3.20. The molecule has 0 aromatic heterocycles. The Morgan fingerprint density at radius 3 is 2.74 bits per heavy atom. The van der Waals surface area contributed by atoms with Gasteiger partial charge in [-0.2, -0.15) is 0 Å². The van der Waals surface area contributed by atoms with E-state index >= 15 is 0 Å². The quantitative estimate of drug-likeness (QED) is 0.839. The molecule has 0 aliphatic rings. The number of benzene rings is 2. The van der Waals surface area contributed by atoms with Crippen LogP contribution in [0.1, 0.15) is 10.4 Å². The van der Waals surface area contributed by atoms with Crippen LogP contribution >= 0.6 is 11.8 Å². The molecule has 0 heterocycles. The molecule has 0 unspecified atom stereocenters. The fraction of sp³-hybridized carbons (Fsp3) is 0.0714. The standard InChI is InChI=1S/C14H13NO3S/c1-18-10-3-2-4-11(8-10)19-13-6-5-9(15)7-12(13)14(16)17/h2-8H,15H2,1H3,(H,16,17). The van der Waals surface area contributed by atoms with Crippen LogP contribution in [0.5, 0.6) is 5.75 Å². The van der Waals surface area contributed by atoms with Gasteiger partial charge in [0.05, 0.1) is 12.7 Å². The van der Waals surface area contributed by atoms with Gasteiger partial charge in [0, 0.05) is 15.5 Å². The van der Waals surface area contributed by atoms with E-state index in [1.165, 1.54) is 17.8 Å². The number of anilines is 1. The summed E-state index contributed by atoms with van der Waals surface area (Å²) in [5, 5.41) is 9.18. The van der Waals surface area contributed by atoms with Gasteiger partial charge in [-0.1, -0.05) is 17.8 Å². The van der Waals surface area contributed by atoms with Gasteiger partial charge in [0.2, 0.25) is 0 Å². The smallest absolute Gasteiger partial charge is 0.336 e. The Bertz CT molecular complexity index is 613. The molecule has 5 heteroatoms. The number of nitrogens with two attached hydrogens (primary N) is 1. The normalized spacial score (nSPS) is 10.2. The molecule has 3 N–H and O–H groups in total. The van der Waals surface area contributed by atoms with E-state index in [0.29, 0.717) is 10.6 Å². The van der Waals surface area contributed by atoms with Crippen LogP contribution in [0.2, 0.25) is 0 Å². The number of hydrogen-bond donors (Lipinski definition) is 2. The Labute approximate surface area is 115 Å². The van der Waals surface area contributed by atoms with Gasteiger partial charge in [-0.05, 0) is 36.4 Å². The van der Waals surface area contributed by atoms with Crippen molar-refractivity contribution >= 4 is 23.4 Å². The minimum absolute atomic E-state index is 0.202. The van der Waals surface area contributed by atoms with Gasteiger partial charge in [0.1, 0.15) is 5.75 Å². The molecule has 0 bridgehead atoms. The van der Waals surface area contributed by atoms with Crippen LogP contribution in [-0.4, -0.2) is 18.2 Å². The van der Waals surface area contributed by atoms with Gasteiger partial charge >= 0.3 is 5.97 Å². The van der Waals surface area contributed by atoms with Crippen molar-refractivity contribution in [1.82, 2.24) is 0 Å². The highest BCUT2D eigenvalue weighted by atomic mass is 32.2. The zero-order chi connectivity index (χ0) is 13.8. The van der Waals surface area contributed by atoms with E-state index in [9.17, 15) is 9.90 Å². The van der Waals surface area contributed by atoms with E-state index in [1.54, 1.807) is 19.2 Å². The van der Waals surface area contributed by atoms with Gasteiger partial charge in [-0.25, -0.2) is 4.79 Å². The molecule has 19 heavy (non-hydrogen) atoms. The molecular weight excluding hydrogens is 262 g/mol. The Morgan fingerprint density at radius 2 is 2.05 bits per heavy atom. The molecule has 98 valence electrons. The lowest BCUT2D eigenvalue weighted by atomic mass is 10.2. The predicted octanol–water partition coefficient (Wildman–Crippen LogP) is 3.13. The van der Waals surface area contributed by atoms with Crippen molar-refractivity contribution in [3.05, 3.63) is 48.0 Å². The highest BCUT2D eigenvalue weighted by molar-refractivity contribution is 7.99. The first-order valence-electron chi connectivity index (χ1n) is 5.55. The first kappa shape index (κ1) is 13.3. The fourth-order valence-electron chi connectivity index (χ4n) is 1.60. The molecule has 2 aromatic carbocycles. The Hall–Kier alpha value is -2.14. The highest BCUT2D eigenvalue weighted by Gasteiger charge is 2.11. The van der Waals surface area contributed by atoms with E-state index in [1.807, 2.05) is 24.3 Å². The zero-order valence-electron chi connectivity index (χ0n) is 10.3. The van der Waals surface area contributed by atoms with Gasteiger partial charge in [-0.15, -0.1) is 0 Å². The van der Waals surface area contributed by atoms with Crippen LogP contribution in [-0.2, 0) is 0 Å². The number of methoxy groups -OCH3 is 1. The molecule has 0 aliphatic carbocycles. The Kier molecular flexibility index (Phi) is 3.97. The molecule has 0 saturated heterocycles. The third-order valence-electron chi connectivity index (χ3n) is 2.50. The summed E-state index contributed by atoms with van der Waals surface area (Å²) in [6, 6.07) is 12.3. The average molecular weight is 275 g/mol. The minimum atomic E-state index is -0.988. The summed E-state index contributed by atoms with van der Waals surface area (Å²) in [5.74, 6) is -0.255. The van der Waals surface area contributed by atoms with Crippen LogP contribution in [0, 0.1) is 0 Å². The molecule has 0 amide bonds. The van der Waals surface area contributed by atoms with E-state index in [-0.39, 0.29) is 5.56 Å². The summed E-state index contributed by atoms with van der Waals surface area (Å²) in [6.45, 7) is 0. The SMILES string of the molecule is COc1cccc(Sc2ccc(N)cc2C(=O)O)c1. The number of carboxylic acids is 1. The molecule has 0 spiro atoms. The van der Waals surface area contributed by atoms with Gasteiger partial charge < -0.3 is 15.6 Å². The lowest BCUT2D eigenvalue weighted by Crippen LogP contribution is -2.00. The van der Waals surface area contributed by atoms with Gasteiger partial charge in [0.25, 0.3) is 0 Å². The fourth-order valence-corrected chi connectivity index (χ4v) is 2.56. The summed E-state index contributed by atoms with van der Waals surface area (Å²) in [7, 11) is 1.59. The molecule has 0 fully saturated rings. The maximum atomic E-state index is 11.2. The summed E-state index contributed by atoms with van der Waals surface area (Å²) < 4.78 is 5.14. The number of nitrogen functional groups attached to an aromatic ring is 1. The maximum absolute atomic E-state index is 11.2. The van der Waals surface area contributed by atoms with E-state index < -0.39 is 5.97 Å². The number of ether oxygens (including phenoxy) is 1. The molecule has 2 rings (SSSR count). The van der Waals surface area contributed by atoms with Crippen molar-refractivity contribution in [2.24, 2.45) is 0 Å². The van der Waals surface area contributed by atoms with E-state index in [4.69, 9.17) is 10.5 Å². The van der Waals surface area contributed by atoms with Gasteiger partial charge in [-0.3, -0.25) is 0 Å². The second-order valence-corrected chi connectivity index (χ2v) is 4.96. The van der Waals surface area contributed by atoms with Crippen LogP contribution in [0.15, 0.2) is 52.3 Å². The van der Waals surface area contributed by atoms with Crippen LogP contribution < -0.4 is 10.5 Å². The minimum Gasteiger partial charge on any atom is -0.497 e. The van der Waals surface area contributed by atoms with Crippen molar-refractivity contribution in [2.75, 3.05) is 12.8 Å². The summed E-state index contributed by atoms with van der Waals surface area (Å²) >= 11 is 1.36. The van der Waals surface area contributed by atoms with Crippen LogP contribution in [0.3, 0.4) is 0 Å². The molecular formula is C14H13NO3S. The number of hydrogen-bond acceptors (Lipinski definition) is 4. The Balaban J connectivity index is 2.34.